The lowest BCUT2D eigenvalue weighted by Crippen LogP contribution is -2.29. The molecular formula is C16H23ClFN. The van der Waals surface area contributed by atoms with Gasteiger partial charge in [-0.15, -0.1) is 0 Å². The van der Waals surface area contributed by atoms with Gasteiger partial charge in [-0.1, -0.05) is 50.3 Å². The molecule has 0 amide bonds. The van der Waals surface area contributed by atoms with Gasteiger partial charge in [0.15, 0.2) is 0 Å². The lowest BCUT2D eigenvalue weighted by molar-refractivity contribution is 0.322. The van der Waals surface area contributed by atoms with E-state index in [9.17, 15) is 4.39 Å². The van der Waals surface area contributed by atoms with Crippen molar-refractivity contribution in [3.05, 3.63) is 34.6 Å². The van der Waals surface area contributed by atoms with Gasteiger partial charge in [-0.2, -0.15) is 0 Å². The molecule has 0 aromatic heterocycles. The molecule has 1 aromatic carbocycles. The van der Waals surface area contributed by atoms with E-state index in [1.165, 1.54) is 44.6 Å². The second-order valence-electron chi connectivity index (χ2n) is 5.42. The summed E-state index contributed by atoms with van der Waals surface area (Å²) in [5.74, 6) is 0.319. The summed E-state index contributed by atoms with van der Waals surface area (Å²) < 4.78 is 14.2. The van der Waals surface area contributed by atoms with Crippen LogP contribution in [0.25, 0.3) is 0 Å². The van der Waals surface area contributed by atoms with Crippen molar-refractivity contribution < 1.29 is 4.39 Å². The Morgan fingerprint density at radius 3 is 2.53 bits per heavy atom. The molecule has 1 aliphatic carbocycles. The van der Waals surface area contributed by atoms with Gasteiger partial charge >= 0.3 is 0 Å². The molecule has 0 bridgehead atoms. The molecule has 0 aliphatic heterocycles. The zero-order valence-corrected chi connectivity index (χ0v) is 12.3. The largest absolute Gasteiger partial charge is 0.310 e. The Kier molecular flexibility index (Phi) is 5.65. The molecular weight excluding hydrogens is 261 g/mol. The number of halogens is 2. The quantitative estimate of drug-likeness (QED) is 0.758. The lowest BCUT2D eigenvalue weighted by atomic mass is 9.87. The smallest absolute Gasteiger partial charge is 0.129 e. The summed E-state index contributed by atoms with van der Waals surface area (Å²) in [6.45, 7) is 2.91. The SMILES string of the molecule is CCNC(c1c(F)cccc1Cl)C1CCCCCC1. The van der Waals surface area contributed by atoms with Crippen molar-refractivity contribution in [2.45, 2.75) is 51.5 Å². The molecule has 106 valence electrons. The molecule has 1 aromatic rings. The van der Waals surface area contributed by atoms with Crippen LogP contribution in [-0.4, -0.2) is 6.54 Å². The summed E-state index contributed by atoms with van der Waals surface area (Å²) >= 11 is 6.24. The van der Waals surface area contributed by atoms with Crippen LogP contribution in [0.4, 0.5) is 4.39 Å². The number of rotatable bonds is 4. The van der Waals surface area contributed by atoms with Crippen molar-refractivity contribution >= 4 is 11.6 Å². The molecule has 0 spiro atoms. The van der Waals surface area contributed by atoms with E-state index in [1.54, 1.807) is 12.1 Å². The molecule has 1 nitrogen and oxygen atoms in total. The third-order valence-electron chi connectivity index (χ3n) is 4.11. The Labute approximate surface area is 120 Å². The summed E-state index contributed by atoms with van der Waals surface area (Å²) in [6.07, 6.45) is 7.45. The maximum atomic E-state index is 14.2. The molecule has 19 heavy (non-hydrogen) atoms. The number of hydrogen-bond donors (Lipinski definition) is 1. The molecule has 1 atom stereocenters. The van der Waals surface area contributed by atoms with Crippen molar-refractivity contribution in [3.8, 4) is 0 Å². The molecule has 2 rings (SSSR count). The zero-order valence-electron chi connectivity index (χ0n) is 11.6. The minimum atomic E-state index is -0.178. The van der Waals surface area contributed by atoms with Crippen molar-refractivity contribution in [1.29, 1.82) is 0 Å². The van der Waals surface area contributed by atoms with Crippen LogP contribution in [0.15, 0.2) is 18.2 Å². The van der Waals surface area contributed by atoms with E-state index in [1.807, 2.05) is 0 Å². The van der Waals surface area contributed by atoms with Gasteiger partial charge in [-0.25, -0.2) is 4.39 Å². The third-order valence-corrected chi connectivity index (χ3v) is 4.44. The molecule has 0 radical (unpaired) electrons. The van der Waals surface area contributed by atoms with Gasteiger partial charge in [-0.05, 0) is 37.4 Å². The van der Waals surface area contributed by atoms with Gasteiger partial charge in [0.25, 0.3) is 0 Å². The summed E-state index contributed by atoms with van der Waals surface area (Å²) in [5.41, 5.74) is 0.665. The van der Waals surface area contributed by atoms with Crippen LogP contribution in [0, 0.1) is 11.7 Å². The first-order chi connectivity index (χ1) is 9.24. The Morgan fingerprint density at radius 1 is 1.26 bits per heavy atom. The highest BCUT2D eigenvalue weighted by atomic mass is 35.5. The normalized spacial score (nSPS) is 19.1. The molecule has 1 N–H and O–H groups in total. The zero-order chi connectivity index (χ0) is 13.7. The Bertz CT molecular complexity index is 379. The molecule has 1 aliphatic rings. The predicted octanol–water partition coefficient (Wildman–Crippen LogP) is 5.10. The number of nitrogens with one attached hydrogen (secondary N) is 1. The lowest BCUT2D eigenvalue weighted by Gasteiger charge is -2.28. The van der Waals surface area contributed by atoms with Crippen LogP contribution in [0.2, 0.25) is 5.02 Å². The van der Waals surface area contributed by atoms with Gasteiger partial charge in [0.1, 0.15) is 5.82 Å². The minimum Gasteiger partial charge on any atom is -0.310 e. The average Bonchev–Trinajstić information content (AvgIpc) is 2.66. The summed E-state index contributed by atoms with van der Waals surface area (Å²) in [7, 11) is 0. The molecule has 1 fully saturated rings. The fourth-order valence-corrected chi connectivity index (χ4v) is 3.46. The molecule has 1 saturated carbocycles. The van der Waals surface area contributed by atoms with E-state index in [2.05, 4.69) is 12.2 Å². The van der Waals surface area contributed by atoms with Crippen molar-refractivity contribution in [1.82, 2.24) is 5.32 Å². The first-order valence-corrected chi connectivity index (χ1v) is 7.79. The van der Waals surface area contributed by atoms with Crippen LogP contribution >= 0.6 is 11.6 Å². The Balaban J connectivity index is 2.27. The van der Waals surface area contributed by atoms with Crippen LogP contribution in [0.1, 0.15) is 57.1 Å². The highest BCUT2D eigenvalue weighted by Gasteiger charge is 2.27. The minimum absolute atomic E-state index is 0.0526. The number of benzene rings is 1. The predicted molar refractivity (Wildman–Crippen MR) is 79.0 cm³/mol. The van der Waals surface area contributed by atoms with Gasteiger partial charge in [-0.3, -0.25) is 0 Å². The first-order valence-electron chi connectivity index (χ1n) is 7.41. The highest BCUT2D eigenvalue weighted by Crippen LogP contribution is 2.37. The highest BCUT2D eigenvalue weighted by molar-refractivity contribution is 6.31. The van der Waals surface area contributed by atoms with Gasteiger partial charge < -0.3 is 5.32 Å². The molecule has 0 heterocycles. The topological polar surface area (TPSA) is 12.0 Å². The first kappa shape index (κ1) is 14.8. The van der Waals surface area contributed by atoms with Crippen LogP contribution in [0.5, 0.6) is 0 Å². The fraction of sp³-hybridized carbons (Fsp3) is 0.625. The Hall–Kier alpha value is -0.600. The summed E-state index contributed by atoms with van der Waals surface area (Å²) in [5, 5.41) is 4.00. The molecule has 1 unspecified atom stereocenters. The van der Waals surface area contributed by atoms with Crippen LogP contribution in [0.3, 0.4) is 0 Å². The monoisotopic (exact) mass is 283 g/mol. The van der Waals surface area contributed by atoms with Crippen molar-refractivity contribution in [2.24, 2.45) is 5.92 Å². The van der Waals surface area contributed by atoms with E-state index in [0.29, 0.717) is 16.5 Å². The maximum absolute atomic E-state index is 14.2. The van der Waals surface area contributed by atoms with E-state index in [0.717, 1.165) is 6.54 Å². The summed E-state index contributed by atoms with van der Waals surface area (Å²) in [4.78, 5) is 0. The molecule has 3 heteroatoms. The fourth-order valence-electron chi connectivity index (χ4n) is 3.18. The van der Waals surface area contributed by atoms with Gasteiger partial charge in [0.05, 0.1) is 0 Å². The standard InChI is InChI=1S/C16H23ClFN/c1-2-19-16(12-8-5-3-4-6-9-12)15-13(17)10-7-11-14(15)18/h7,10-12,16,19H,2-6,8-9H2,1H3. The average molecular weight is 284 g/mol. The Morgan fingerprint density at radius 2 is 1.95 bits per heavy atom. The summed E-state index contributed by atoms with van der Waals surface area (Å²) in [6, 6.07) is 5.04. The van der Waals surface area contributed by atoms with Crippen LogP contribution in [-0.2, 0) is 0 Å². The van der Waals surface area contributed by atoms with Crippen molar-refractivity contribution in [3.63, 3.8) is 0 Å². The van der Waals surface area contributed by atoms with Gasteiger partial charge in [0.2, 0.25) is 0 Å². The van der Waals surface area contributed by atoms with E-state index in [4.69, 9.17) is 11.6 Å². The number of hydrogen-bond acceptors (Lipinski definition) is 1. The second-order valence-corrected chi connectivity index (χ2v) is 5.83. The van der Waals surface area contributed by atoms with E-state index >= 15 is 0 Å². The van der Waals surface area contributed by atoms with E-state index in [-0.39, 0.29) is 11.9 Å². The second kappa shape index (κ2) is 7.25. The van der Waals surface area contributed by atoms with Crippen molar-refractivity contribution in [2.75, 3.05) is 6.54 Å². The van der Waals surface area contributed by atoms with E-state index < -0.39 is 0 Å². The van der Waals surface area contributed by atoms with Crippen LogP contribution < -0.4 is 5.32 Å². The maximum Gasteiger partial charge on any atom is 0.129 e. The van der Waals surface area contributed by atoms with Gasteiger partial charge in [0, 0.05) is 16.6 Å². The third kappa shape index (κ3) is 3.70. The molecule has 0 saturated heterocycles.